The van der Waals surface area contributed by atoms with Crippen LogP contribution < -0.4 is 15.5 Å². The van der Waals surface area contributed by atoms with Crippen LogP contribution >= 0.6 is 0 Å². The number of rotatable bonds is 3. The number of piperidine rings is 1. The molecule has 7 heteroatoms. The van der Waals surface area contributed by atoms with Gasteiger partial charge in [-0.2, -0.15) is 5.10 Å². The number of urea groups is 1. The Bertz CT molecular complexity index is 702. The van der Waals surface area contributed by atoms with Gasteiger partial charge in [-0.05, 0) is 44.0 Å². The molecular formula is C17H23N5O2. The fourth-order valence-corrected chi connectivity index (χ4v) is 2.89. The van der Waals surface area contributed by atoms with Gasteiger partial charge in [-0.25, -0.2) is 4.79 Å². The molecule has 24 heavy (non-hydrogen) atoms. The number of nitrogens with one attached hydrogen (secondary N) is 2. The van der Waals surface area contributed by atoms with Crippen molar-refractivity contribution in [2.75, 3.05) is 28.6 Å². The van der Waals surface area contributed by atoms with E-state index in [0.717, 1.165) is 43.0 Å². The molecule has 0 unspecified atom stereocenters. The van der Waals surface area contributed by atoms with Crippen molar-refractivity contribution in [1.82, 2.24) is 9.78 Å². The average Bonchev–Trinajstić information content (AvgIpc) is 2.86. The maximum absolute atomic E-state index is 12.1. The van der Waals surface area contributed by atoms with Gasteiger partial charge in [0.2, 0.25) is 0 Å². The predicted octanol–water partition coefficient (Wildman–Crippen LogP) is 2.33. The Balaban J connectivity index is 1.57. The minimum absolute atomic E-state index is 0.179. The van der Waals surface area contributed by atoms with Gasteiger partial charge in [0.05, 0.1) is 11.8 Å². The van der Waals surface area contributed by atoms with Crippen LogP contribution in [0.3, 0.4) is 0 Å². The van der Waals surface area contributed by atoms with Gasteiger partial charge >= 0.3 is 6.03 Å². The van der Waals surface area contributed by atoms with Crippen molar-refractivity contribution < 1.29 is 9.90 Å². The molecule has 1 aromatic heterocycles. The fourth-order valence-electron chi connectivity index (χ4n) is 2.89. The van der Waals surface area contributed by atoms with Crippen LogP contribution in [0.1, 0.15) is 18.5 Å². The summed E-state index contributed by atoms with van der Waals surface area (Å²) in [6, 6.07) is 9.26. The number of aryl methyl sites for hydroxylation is 2. The zero-order valence-electron chi connectivity index (χ0n) is 14.0. The summed E-state index contributed by atoms with van der Waals surface area (Å²) >= 11 is 0. The molecule has 2 amide bonds. The van der Waals surface area contributed by atoms with Gasteiger partial charge in [-0.1, -0.05) is 0 Å². The Morgan fingerprint density at radius 3 is 2.46 bits per heavy atom. The van der Waals surface area contributed by atoms with Crippen LogP contribution in [0.2, 0.25) is 0 Å². The second kappa shape index (κ2) is 6.92. The van der Waals surface area contributed by atoms with E-state index in [2.05, 4.69) is 20.6 Å². The van der Waals surface area contributed by atoms with E-state index < -0.39 is 0 Å². The van der Waals surface area contributed by atoms with Gasteiger partial charge in [0, 0.05) is 37.6 Å². The summed E-state index contributed by atoms with van der Waals surface area (Å²) in [6.45, 7) is 3.59. The molecule has 1 aliphatic rings. The lowest BCUT2D eigenvalue weighted by molar-refractivity contribution is 0.145. The second-order valence-electron chi connectivity index (χ2n) is 6.14. The standard InChI is InChI=1S/C17H23N5O2/c1-12-11-16(21(2)20-12)19-17(24)18-13-3-5-14(6-4-13)22-9-7-15(23)8-10-22/h3-6,11,15,23H,7-10H2,1-2H3,(H2,18,19,24). The van der Waals surface area contributed by atoms with Gasteiger partial charge in [0.25, 0.3) is 0 Å². The van der Waals surface area contributed by atoms with Crippen molar-refractivity contribution in [1.29, 1.82) is 0 Å². The third-order valence-corrected chi connectivity index (χ3v) is 4.20. The molecule has 1 saturated heterocycles. The lowest BCUT2D eigenvalue weighted by atomic mass is 10.1. The highest BCUT2D eigenvalue weighted by atomic mass is 16.3. The van der Waals surface area contributed by atoms with Crippen LogP contribution in [0.4, 0.5) is 22.0 Å². The maximum atomic E-state index is 12.1. The molecule has 0 bridgehead atoms. The van der Waals surface area contributed by atoms with Crippen LogP contribution in [-0.4, -0.2) is 40.1 Å². The Kier molecular flexibility index (Phi) is 4.71. The smallest absolute Gasteiger partial charge is 0.324 e. The lowest BCUT2D eigenvalue weighted by Crippen LogP contribution is -2.35. The topological polar surface area (TPSA) is 82.4 Å². The van der Waals surface area contributed by atoms with Gasteiger partial charge in [0.1, 0.15) is 5.82 Å². The van der Waals surface area contributed by atoms with Crippen molar-refractivity contribution in [3.05, 3.63) is 36.0 Å². The minimum atomic E-state index is -0.299. The Morgan fingerprint density at radius 2 is 1.88 bits per heavy atom. The molecule has 2 aromatic rings. The zero-order chi connectivity index (χ0) is 17.1. The van der Waals surface area contributed by atoms with Gasteiger partial charge in [-0.15, -0.1) is 0 Å². The Morgan fingerprint density at radius 1 is 1.21 bits per heavy atom. The minimum Gasteiger partial charge on any atom is -0.393 e. The quantitative estimate of drug-likeness (QED) is 0.807. The van der Waals surface area contributed by atoms with E-state index in [1.54, 1.807) is 11.7 Å². The van der Waals surface area contributed by atoms with Crippen LogP contribution in [-0.2, 0) is 7.05 Å². The average molecular weight is 329 g/mol. The lowest BCUT2D eigenvalue weighted by Gasteiger charge is -2.31. The molecule has 0 saturated carbocycles. The van der Waals surface area contributed by atoms with E-state index >= 15 is 0 Å². The van der Waals surface area contributed by atoms with Crippen molar-refractivity contribution in [3.8, 4) is 0 Å². The molecule has 2 heterocycles. The highest BCUT2D eigenvalue weighted by molar-refractivity contribution is 5.99. The van der Waals surface area contributed by atoms with Crippen LogP contribution in [0.5, 0.6) is 0 Å². The fraction of sp³-hybridized carbons (Fsp3) is 0.412. The predicted molar refractivity (Wildman–Crippen MR) is 94.5 cm³/mol. The number of benzene rings is 1. The molecular weight excluding hydrogens is 306 g/mol. The van der Waals surface area contributed by atoms with Crippen LogP contribution in [0.15, 0.2) is 30.3 Å². The molecule has 1 aliphatic heterocycles. The molecule has 0 aliphatic carbocycles. The first-order valence-corrected chi connectivity index (χ1v) is 8.13. The Hall–Kier alpha value is -2.54. The molecule has 128 valence electrons. The molecule has 0 spiro atoms. The number of aromatic nitrogens is 2. The second-order valence-corrected chi connectivity index (χ2v) is 6.14. The number of amides is 2. The first-order chi connectivity index (χ1) is 11.5. The normalized spacial score (nSPS) is 15.4. The van der Waals surface area contributed by atoms with E-state index in [4.69, 9.17) is 0 Å². The van der Waals surface area contributed by atoms with E-state index in [-0.39, 0.29) is 12.1 Å². The molecule has 1 aromatic carbocycles. The summed E-state index contributed by atoms with van der Waals surface area (Å²) < 4.78 is 1.63. The van der Waals surface area contributed by atoms with E-state index in [9.17, 15) is 9.90 Å². The summed E-state index contributed by atoms with van der Waals surface area (Å²) in [5.74, 6) is 0.647. The molecule has 0 atom stereocenters. The first-order valence-electron chi connectivity index (χ1n) is 8.13. The Labute approximate surface area is 141 Å². The SMILES string of the molecule is Cc1cc(NC(=O)Nc2ccc(N3CCC(O)CC3)cc2)n(C)n1. The molecule has 1 fully saturated rings. The van der Waals surface area contributed by atoms with Gasteiger partial charge < -0.3 is 15.3 Å². The third-order valence-electron chi connectivity index (χ3n) is 4.20. The summed E-state index contributed by atoms with van der Waals surface area (Å²) in [5, 5.41) is 19.4. The number of nitrogens with zero attached hydrogens (tertiary/aromatic N) is 3. The van der Waals surface area contributed by atoms with E-state index in [0.29, 0.717) is 5.82 Å². The van der Waals surface area contributed by atoms with Crippen molar-refractivity contribution in [2.24, 2.45) is 7.05 Å². The highest BCUT2D eigenvalue weighted by Gasteiger charge is 2.17. The summed E-state index contributed by atoms with van der Waals surface area (Å²) in [5.41, 5.74) is 2.69. The van der Waals surface area contributed by atoms with Crippen LogP contribution in [0.25, 0.3) is 0 Å². The molecule has 3 N–H and O–H groups in total. The molecule has 3 rings (SSSR count). The molecule has 0 radical (unpaired) electrons. The van der Waals surface area contributed by atoms with Crippen molar-refractivity contribution >= 4 is 23.2 Å². The number of aliphatic hydroxyl groups is 1. The largest absolute Gasteiger partial charge is 0.393 e. The van der Waals surface area contributed by atoms with E-state index in [1.807, 2.05) is 37.3 Å². The third kappa shape index (κ3) is 3.86. The maximum Gasteiger partial charge on any atom is 0.324 e. The number of carbonyl (C=O) groups excluding carboxylic acids is 1. The van der Waals surface area contributed by atoms with E-state index in [1.165, 1.54) is 0 Å². The monoisotopic (exact) mass is 329 g/mol. The van der Waals surface area contributed by atoms with Crippen molar-refractivity contribution in [2.45, 2.75) is 25.9 Å². The zero-order valence-corrected chi connectivity index (χ0v) is 14.0. The number of carbonyl (C=O) groups is 1. The highest BCUT2D eigenvalue weighted by Crippen LogP contribution is 2.22. The number of hydrogen-bond acceptors (Lipinski definition) is 4. The van der Waals surface area contributed by atoms with Gasteiger partial charge in [-0.3, -0.25) is 10.00 Å². The van der Waals surface area contributed by atoms with Crippen LogP contribution in [0, 0.1) is 6.92 Å². The summed E-state index contributed by atoms with van der Waals surface area (Å²) in [6.07, 6.45) is 1.42. The van der Waals surface area contributed by atoms with Gasteiger partial charge in [0.15, 0.2) is 0 Å². The van der Waals surface area contributed by atoms with Crippen molar-refractivity contribution in [3.63, 3.8) is 0 Å². The summed E-state index contributed by atoms with van der Waals surface area (Å²) in [7, 11) is 1.78. The number of aliphatic hydroxyl groups excluding tert-OH is 1. The first kappa shape index (κ1) is 16.3. The molecule has 7 nitrogen and oxygen atoms in total. The number of hydrogen-bond donors (Lipinski definition) is 3. The summed E-state index contributed by atoms with van der Waals surface area (Å²) in [4.78, 5) is 14.3. The number of anilines is 3.